The molecule has 0 heterocycles. The highest BCUT2D eigenvalue weighted by atomic mass is 35.5. The van der Waals surface area contributed by atoms with Crippen LogP contribution in [0.1, 0.15) is 39.7 Å². The van der Waals surface area contributed by atoms with E-state index in [2.05, 4.69) is 5.32 Å². The summed E-state index contributed by atoms with van der Waals surface area (Å²) in [6, 6.07) is 3.02. The van der Waals surface area contributed by atoms with E-state index in [0.29, 0.717) is 48.6 Å². The fraction of sp³-hybridized carbons (Fsp3) is 0.588. The summed E-state index contributed by atoms with van der Waals surface area (Å²) in [5.74, 6) is 0.554. The van der Waals surface area contributed by atoms with Gasteiger partial charge >= 0.3 is 5.97 Å². The number of rotatable bonds is 10. The molecule has 0 saturated carbocycles. The second-order valence-electron chi connectivity index (χ2n) is 5.67. The third-order valence-corrected chi connectivity index (χ3v) is 3.50. The number of ether oxygens (including phenoxy) is 2. The zero-order chi connectivity index (χ0) is 17.4. The van der Waals surface area contributed by atoms with Crippen LogP contribution < -0.4 is 14.8 Å². The summed E-state index contributed by atoms with van der Waals surface area (Å²) >= 11 is 6.26. The Hall–Kier alpha value is -1.46. The van der Waals surface area contributed by atoms with E-state index in [1.54, 1.807) is 6.07 Å². The van der Waals surface area contributed by atoms with E-state index < -0.39 is 12.0 Å². The molecule has 0 aliphatic heterocycles. The van der Waals surface area contributed by atoms with Crippen LogP contribution in [0, 0.1) is 5.92 Å². The summed E-state index contributed by atoms with van der Waals surface area (Å²) in [7, 11) is 0. The molecule has 0 amide bonds. The average molecular weight is 344 g/mol. The van der Waals surface area contributed by atoms with Crippen LogP contribution in [0.25, 0.3) is 0 Å². The summed E-state index contributed by atoms with van der Waals surface area (Å²) in [5.41, 5.74) is 0.858. The molecule has 6 heteroatoms. The first-order valence-electron chi connectivity index (χ1n) is 7.93. The smallest absolute Gasteiger partial charge is 0.320 e. The van der Waals surface area contributed by atoms with Crippen molar-refractivity contribution in [3.05, 3.63) is 22.7 Å². The zero-order valence-electron chi connectivity index (χ0n) is 14.2. The van der Waals surface area contributed by atoms with Gasteiger partial charge in [-0.3, -0.25) is 4.79 Å². The number of benzene rings is 1. The predicted molar refractivity (Wildman–Crippen MR) is 91.5 cm³/mol. The Morgan fingerprint density at radius 2 is 1.91 bits per heavy atom. The van der Waals surface area contributed by atoms with E-state index in [-0.39, 0.29) is 0 Å². The van der Waals surface area contributed by atoms with Gasteiger partial charge in [-0.15, -0.1) is 0 Å². The highest BCUT2D eigenvalue weighted by molar-refractivity contribution is 6.32. The molecule has 5 nitrogen and oxygen atoms in total. The molecule has 0 saturated heterocycles. The molecular weight excluding hydrogens is 318 g/mol. The predicted octanol–water partition coefficient (Wildman–Crippen LogP) is 3.73. The minimum atomic E-state index is -0.847. The van der Waals surface area contributed by atoms with Gasteiger partial charge in [0.15, 0.2) is 11.5 Å². The monoisotopic (exact) mass is 343 g/mol. The quantitative estimate of drug-likeness (QED) is 0.677. The van der Waals surface area contributed by atoms with Crippen LogP contribution in [0.4, 0.5) is 0 Å². The molecule has 2 N–H and O–H groups in total. The van der Waals surface area contributed by atoms with E-state index >= 15 is 0 Å². The lowest BCUT2D eigenvalue weighted by Crippen LogP contribution is -2.37. The van der Waals surface area contributed by atoms with Crippen molar-refractivity contribution < 1.29 is 19.4 Å². The first kappa shape index (κ1) is 19.6. The first-order valence-corrected chi connectivity index (χ1v) is 8.30. The van der Waals surface area contributed by atoms with Crippen LogP contribution in [0.2, 0.25) is 5.02 Å². The van der Waals surface area contributed by atoms with Crippen molar-refractivity contribution in [2.45, 2.75) is 46.7 Å². The lowest BCUT2D eigenvalue weighted by molar-refractivity contribution is -0.140. The van der Waals surface area contributed by atoms with E-state index in [1.807, 2.05) is 33.8 Å². The fourth-order valence-corrected chi connectivity index (χ4v) is 2.54. The standard InChI is InChI=1S/C17H26ClNO4/c1-5-22-15-9-12(8-13(18)16(15)23-6-2)10-19-14(17(20)21)7-11(3)4/h8-9,11,14,19H,5-7,10H2,1-4H3,(H,20,21). The van der Waals surface area contributed by atoms with E-state index in [4.69, 9.17) is 21.1 Å². The second-order valence-corrected chi connectivity index (χ2v) is 6.08. The molecule has 23 heavy (non-hydrogen) atoms. The third kappa shape index (κ3) is 6.28. The highest BCUT2D eigenvalue weighted by Crippen LogP contribution is 2.36. The molecule has 1 atom stereocenters. The molecule has 0 bridgehead atoms. The van der Waals surface area contributed by atoms with Gasteiger partial charge in [0.05, 0.1) is 18.2 Å². The number of carboxylic acid groups (broad SMARTS) is 1. The number of hydrogen-bond donors (Lipinski definition) is 2. The topological polar surface area (TPSA) is 67.8 Å². The normalized spacial score (nSPS) is 12.3. The molecule has 0 aliphatic carbocycles. The van der Waals surface area contributed by atoms with E-state index in [0.717, 1.165) is 5.56 Å². The molecule has 130 valence electrons. The average Bonchev–Trinajstić information content (AvgIpc) is 2.46. The summed E-state index contributed by atoms with van der Waals surface area (Å²) < 4.78 is 11.1. The van der Waals surface area contributed by atoms with Crippen LogP contribution in [-0.2, 0) is 11.3 Å². The molecule has 1 aromatic rings. The number of aliphatic carboxylic acids is 1. The fourth-order valence-electron chi connectivity index (χ4n) is 2.25. The van der Waals surface area contributed by atoms with Crippen molar-refractivity contribution in [1.29, 1.82) is 0 Å². The Labute approximate surface area is 142 Å². The lowest BCUT2D eigenvalue weighted by atomic mass is 10.0. The van der Waals surface area contributed by atoms with Gasteiger partial charge in [-0.05, 0) is 43.9 Å². The van der Waals surface area contributed by atoms with Gasteiger partial charge in [0.25, 0.3) is 0 Å². The van der Waals surface area contributed by atoms with Crippen LogP contribution in [0.5, 0.6) is 11.5 Å². The molecule has 1 aromatic carbocycles. The Bertz CT molecular complexity index is 520. The highest BCUT2D eigenvalue weighted by Gasteiger charge is 2.19. The Morgan fingerprint density at radius 1 is 1.26 bits per heavy atom. The van der Waals surface area contributed by atoms with Crippen molar-refractivity contribution in [3.8, 4) is 11.5 Å². The molecule has 0 spiro atoms. The van der Waals surface area contributed by atoms with Gasteiger partial charge in [0.1, 0.15) is 6.04 Å². The Balaban J connectivity index is 2.89. The van der Waals surface area contributed by atoms with E-state index in [1.165, 1.54) is 0 Å². The number of carboxylic acids is 1. The molecule has 0 fully saturated rings. The van der Waals surface area contributed by atoms with Crippen molar-refractivity contribution in [2.24, 2.45) is 5.92 Å². The van der Waals surface area contributed by atoms with Crippen molar-refractivity contribution in [2.75, 3.05) is 13.2 Å². The van der Waals surface area contributed by atoms with Crippen molar-refractivity contribution >= 4 is 17.6 Å². The Kier molecular flexibility index (Phi) is 8.20. The number of halogens is 1. The molecule has 1 rings (SSSR count). The molecular formula is C17H26ClNO4. The number of carbonyl (C=O) groups is 1. The molecule has 0 radical (unpaired) electrons. The van der Waals surface area contributed by atoms with Crippen LogP contribution >= 0.6 is 11.6 Å². The molecule has 1 unspecified atom stereocenters. The van der Waals surface area contributed by atoms with Gasteiger partial charge < -0.3 is 19.9 Å². The number of nitrogens with one attached hydrogen (secondary N) is 1. The van der Waals surface area contributed by atoms with Crippen molar-refractivity contribution in [1.82, 2.24) is 5.32 Å². The maximum Gasteiger partial charge on any atom is 0.320 e. The first-order chi connectivity index (χ1) is 10.9. The third-order valence-electron chi connectivity index (χ3n) is 3.22. The minimum absolute atomic E-state index is 0.298. The van der Waals surface area contributed by atoms with Crippen LogP contribution in [-0.4, -0.2) is 30.3 Å². The van der Waals surface area contributed by atoms with Gasteiger partial charge in [0.2, 0.25) is 0 Å². The summed E-state index contributed by atoms with van der Waals surface area (Å²) in [5, 5.41) is 12.8. The van der Waals surface area contributed by atoms with Crippen LogP contribution in [0.3, 0.4) is 0 Å². The van der Waals surface area contributed by atoms with Gasteiger partial charge in [0, 0.05) is 6.54 Å². The summed E-state index contributed by atoms with van der Waals surface area (Å²) in [6.07, 6.45) is 0.568. The SMILES string of the molecule is CCOc1cc(CNC(CC(C)C)C(=O)O)cc(Cl)c1OCC. The van der Waals surface area contributed by atoms with Gasteiger partial charge in [-0.25, -0.2) is 0 Å². The van der Waals surface area contributed by atoms with Crippen molar-refractivity contribution in [3.63, 3.8) is 0 Å². The largest absolute Gasteiger partial charge is 0.490 e. The van der Waals surface area contributed by atoms with Gasteiger partial charge in [-0.2, -0.15) is 0 Å². The summed E-state index contributed by atoms with van der Waals surface area (Å²) in [4.78, 5) is 11.3. The maximum absolute atomic E-state index is 11.3. The summed E-state index contributed by atoms with van der Waals surface area (Å²) in [6.45, 7) is 9.15. The van der Waals surface area contributed by atoms with Crippen LogP contribution in [0.15, 0.2) is 12.1 Å². The molecule has 0 aliphatic rings. The lowest BCUT2D eigenvalue weighted by Gasteiger charge is -2.18. The minimum Gasteiger partial charge on any atom is -0.490 e. The van der Waals surface area contributed by atoms with Gasteiger partial charge in [-0.1, -0.05) is 25.4 Å². The maximum atomic E-state index is 11.3. The van der Waals surface area contributed by atoms with E-state index in [9.17, 15) is 9.90 Å². The zero-order valence-corrected chi connectivity index (χ0v) is 14.9. The Morgan fingerprint density at radius 3 is 2.43 bits per heavy atom. The second kappa shape index (κ2) is 9.63. The number of hydrogen-bond acceptors (Lipinski definition) is 4. The molecule has 0 aromatic heterocycles.